The first-order valence-corrected chi connectivity index (χ1v) is 13.3. The van der Waals surface area contributed by atoms with Crippen LogP contribution in [0.1, 0.15) is 37.1 Å². The van der Waals surface area contributed by atoms with Crippen molar-refractivity contribution in [1.82, 2.24) is 34.8 Å². The van der Waals surface area contributed by atoms with E-state index in [4.69, 9.17) is 5.10 Å². The van der Waals surface area contributed by atoms with Crippen LogP contribution in [0.25, 0.3) is 27.8 Å². The van der Waals surface area contributed by atoms with Gasteiger partial charge in [0.2, 0.25) is 0 Å². The molecule has 5 heterocycles. The number of hydrogen-bond acceptors (Lipinski definition) is 6. The Morgan fingerprint density at radius 3 is 2.68 bits per heavy atom. The minimum atomic E-state index is -0.731. The van der Waals surface area contributed by atoms with Crippen LogP contribution in [0.4, 0.5) is 0 Å². The normalized spacial score (nSPS) is 20.8. The largest absolute Gasteiger partial charge is 0.365 e. The number of nitrogens with zero attached hydrogens (tertiary/aromatic N) is 6. The van der Waals surface area contributed by atoms with E-state index in [2.05, 4.69) is 50.1 Å². The SMILES string of the molecule is CC(NC(O)N1CCC2(CCn3nc(-c4cnc5ccccc5c4)cc32)C1)c1cnn(-c2ccccc2)c1. The molecule has 2 aliphatic heterocycles. The molecule has 1 spiro atoms. The third kappa shape index (κ3) is 4.01. The average Bonchev–Trinajstić information content (AvgIpc) is 3.75. The van der Waals surface area contributed by atoms with E-state index in [1.807, 2.05) is 71.8 Å². The van der Waals surface area contributed by atoms with Crippen LogP contribution in [0, 0.1) is 0 Å². The highest BCUT2D eigenvalue weighted by Gasteiger charge is 2.47. The number of hydrogen-bond donors (Lipinski definition) is 2. The summed E-state index contributed by atoms with van der Waals surface area (Å²) in [5.41, 5.74) is 6.35. The summed E-state index contributed by atoms with van der Waals surface area (Å²) < 4.78 is 4.03. The summed E-state index contributed by atoms with van der Waals surface area (Å²) in [6, 6.07) is 22.6. The summed E-state index contributed by atoms with van der Waals surface area (Å²) in [4.78, 5) is 6.78. The van der Waals surface area contributed by atoms with Crippen molar-refractivity contribution < 1.29 is 5.11 Å². The third-order valence-electron chi connectivity index (χ3n) is 8.26. The van der Waals surface area contributed by atoms with Gasteiger partial charge in [-0.15, -0.1) is 0 Å². The highest BCUT2D eigenvalue weighted by Crippen LogP contribution is 2.44. The Morgan fingerprint density at radius 2 is 1.79 bits per heavy atom. The van der Waals surface area contributed by atoms with Crippen molar-refractivity contribution in [3.05, 3.63) is 96.6 Å². The lowest BCUT2D eigenvalue weighted by Crippen LogP contribution is -2.46. The Morgan fingerprint density at radius 1 is 0.974 bits per heavy atom. The highest BCUT2D eigenvalue weighted by molar-refractivity contribution is 5.82. The van der Waals surface area contributed by atoms with Gasteiger partial charge < -0.3 is 5.11 Å². The molecule has 7 rings (SSSR count). The highest BCUT2D eigenvalue weighted by atomic mass is 16.3. The summed E-state index contributed by atoms with van der Waals surface area (Å²) in [6.45, 7) is 4.61. The van der Waals surface area contributed by atoms with E-state index < -0.39 is 6.35 Å². The molecule has 1 fully saturated rings. The summed E-state index contributed by atoms with van der Waals surface area (Å²) in [5, 5.41) is 25.1. The number of aryl methyl sites for hydroxylation is 1. The smallest absolute Gasteiger partial charge is 0.163 e. The lowest BCUT2D eigenvalue weighted by atomic mass is 9.82. The van der Waals surface area contributed by atoms with Crippen molar-refractivity contribution >= 4 is 10.9 Å². The number of benzene rings is 2. The van der Waals surface area contributed by atoms with Gasteiger partial charge in [0.05, 0.1) is 23.1 Å². The van der Waals surface area contributed by atoms with Gasteiger partial charge in [0.15, 0.2) is 6.35 Å². The van der Waals surface area contributed by atoms with E-state index in [9.17, 15) is 5.11 Å². The second-order valence-electron chi connectivity index (χ2n) is 10.6. The minimum Gasteiger partial charge on any atom is -0.365 e. The Hall–Kier alpha value is -3.85. The number of aliphatic hydroxyl groups excluding tert-OH is 1. The van der Waals surface area contributed by atoms with E-state index in [1.54, 1.807) is 0 Å². The second-order valence-corrected chi connectivity index (χ2v) is 10.6. The Bertz CT molecular complexity index is 1590. The predicted octanol–water partition coefficient (Wildman–Crippen LogP) is 4.26. The number of aromatic nitrogens is 5. The van der Waals surface area contributed by atoms with Crippen molar-refractivity contribution in [1.29, 1.82) is 0 Å². The van der Waals surface area contributed by atoms with E-state index in [0.29, 0.717) is 0 Å². The molecule has 2 aliphatic rings. The van der Waals surface area contributed by atoms with Crippen LogP contribution < -0.4 is 5.32 Å². The van der Waals surface area contributed by atoms with Gasteiger partial charge in [-0.05, 0) is 50.1 Å². The van der Waals surface area contributed by atoms with E-state index in [-0.39, 0.29) is 11.5 Å². The first-order chi connectivity index (χ1) is 18.6. The fraction of sp³-hybridized carbons (Fsp3) is 0.300. The number of nitrogens with one attached hydrogen (secondary N) is 1. The zero-order valence-electron chi connectivity index (χ0n) is 21.4. The fourth-order valence-electron chi connectivity index (χ4n) is 6.05. The Kier molecular flexibility index (Phi) is 5.61. The van der Waals surface area contributed by atoms with Crippen LogP contribution in [-0.2, 0) is 12.0 Å². The molecule has 0 radical (unpaired) electrons. The van der Waals surface area contributed by atoms with E-state index in [0.717, 1.165) is 65.9 Å². The molecule has 192 valence electrons. The van der Waals surface area contributed by atoms with Crippen molar-refractivity contribution in [3.63, 3.8) is 0 Å². The molecule has 0 amide bonds. The summed E-state index contributed by atoms with van der Waals surface area (Å²) >= 11 is 0. The van der Waals surface area contributed by atoms with Gasteiger partial charge in [-0.2, -0.15) is 10.2 Å². The number of pyridine rings is 1. The summed E-state index contributed by atoms with van der Waals surface area (Å²) in [7, 11) is 0. The first-order valence-electron chi connectivity index (χ1n) is 13.3. The Labute approximate surface area is 221 Å². The van der Waals surface area contributed by atoms with Crippen LogP contribution in [0.5, 0.6) is 0 Å². The van der Waals surface area contributed by atoms with E-state index >= 15 is 0 Å². The van der Waals surface area contributed by atoms with Gasteiger partial charge >= 0.3 is 0 Å². The van der Waals surface area contributed by atoms with Crippen molar-refractivity contribution in [2.45, 2.75) is 44.1 Å². The van der Waals surface area contributed by atoms with Gasteiger partial charge in [-0.3, -0.25) is 19.9 Å². The average molecular weight is 506 g/mol. The number of fused-ring (bicyclic) bond motifs is 3. The molecule has 5 aromatic rings. The third-order valence-corrected chi connectivity index (χ3v) is 8.26. The molecule has 8 nitrogen and oxygen atoms in total. The molecule has 0 saturated carbocycles. The monoisotopic (exact) mass is 505 g/mol. The second kappa shape index (κ2) is 9.16. The number of aliphatic hydroxyl groups is 1. The van der Waals surface area contributed by atoms with Crippen molar-refractivity contribution in [2.24, 2.45) is 0 Å². The maximum Gasteiger partial charge on any atom is 0.163 e. The molecule has 8 heteroatoms. The molecule has 1 saturated heterocycles. The quantitative estimate of drug-likeness (QED) is 0.336. The molecule has 0 aliphatic carbocycles. The number of likely N-dealkylation sites (tertiary alicyclic amines) is 1. The van der Waals surface area contributed by atoms with E-state index in [1.165, 1.54) is 5.69 Å². The maximum atomic E-state index is 11.1. The van der Waals surface area contributed by atoms with Crippen molar-refractivity contribution in [3.8, 4) is 16.9 Å². The Balaban J connectivity index is 1.05. The molecular formula is C30H31N7O. The van der Waals surface area contributed by atoms with Gasteiger partial charge in [0, 0.05) is 65.7 Å². The summed E-state index contributed by atoms with van der Waals surface area (Å²) in [5.74, 6) is 0. The van der Waals surface area contributed by atoms with Crippen LogP contribution in [0.15, 0.2) is 85.3 Å². The van der Waals surface area contributed by atoms with Gasteiger partial charge in [-0.1, -0.05) is 36.4 Å². The minimum absolute atomic E-state index is 0.0135. The van der Waals surface area contributed by atoms with Crippen LogP contribution >= 0.6 is 0 Å². The lowest BCUT2D eigenvalue weighted by molar-refractivity contribution is -0.0183. The van der Waals surface area contributed by atoms with Crippen LogP contribution in [0.3, 0.4) is 0 Å². The molecule has 3 unspecified atom stereocenters. The molecule has 38 heavy (non-hydrogen) atoms. The molecular weight excluding hydrogens is 474 g/mol. The summed E-state index contributed by atoms with van der Waals surface area (Å²) in [6.07, 6.45) is 7.13. The van der Waals surface area contributed by atoms with Crippen LogP contribution in [0.2, 0.25) is 0 Å². The number of rotatable bonds is 6. The van der Waals surface area contributed by atoms with Crippen molar-refractivity contribution in [2.75, 3.05) is 13.1 Å². The zero-order valence-corrected chi connectivity index (χ0v) is 21.4. The molecule has 0 bridgehead atoms. The maximum absolute atomic E-state index is 11.1. The fourth-order valence-corrected chi connectivity index (χ4v) is 6.05. The predicted molar refractivity (Wildman–Crippen MR) is 147 cm³/mol. The molecule has 2 N–H and O–H groups in total. The molecule has 3 atom stereocenters. The van der Waals surface area contributed by atoms with Crippen LogP contribution in [-0.4, -0.2) is 54.0 Å². The standard InChI is InChI=1S/C30H31N7O/c1-21(24-18-32-37(19-24)25-8-3-2-4-9-25)33-29(38)35-13-11-30(20-35)12-14-36-28(30)16-27(34-36)23-15-22-7-5-6-10-26(22)31-17-23/h2-10,15-19,21,29,33,38H,11-14,20H2,1H3. The number of para-hydroxylation sites is 2. The molecule has 2 aromatic carbocycles. The van der Waals surface area contributed by atoms with Gasteiger partial charge in [0.25, 0.3) is 0 Å². The zero-order chi connectivity index (χ0) is 25.7. The van der Waals surface area contributed by atoms with Gasteiger partial charge in [0.1, 0.15) is 0 Å². The molecule has 3 aromatic heterocycles. The topological polar surface area (TPSA) is 84.0 Å². The lowest BCUT2D eigenvalue weighted by Gasteiger charge is -2.29. The first kappa shape index (κ1) is 23.3. The van der Waals surface area contributed by atoms with Gasteiger partial charge in [-0.25, -0.2) is 4.68 Å².